The highest BCUT2D eigenvalue weighted by Gasteiger charge is 2.42. The molecule has 0 radical (unpaired) electrons. The predicted molar refractivity (Wildman–Crippen MR) is 110 cm³/mol. The van der Waals surface area contributed by atoms with E-state index >= 15 is 0 Å². The molecule has 2 aliphatic heterocycles. The molecule has 0 saturated carbocycles. The number of amidine groups is 1. The van der Waals surface area contributed by atoms with Crippen LogP contribution in [0.3, 0.4) is 0 Å². The van der Waals surface area contributed by atoms with E-state index in [4.69, 9.17) is 16.6 Å². The number of aliphatic imine (C=N–C) groups is 1. The summed E-state index contributed by atoms with van der Waals surface area (Å²) < 4.78 is 0. The van der Waals surface area contributed by atoms with Crippen LogP contribution < -0.4 is 10.6 Å². The van der Waals surface area contributed by atoms with Gasteiger partial charge in [0.15, 0.2) is 0 Å². The van der Waals surface area contributed by atoms with Crippen molar-refractivity contribution < 1.29 is 0 Å². The first-order valence-corrected chi connectivity index (χ1v) is 9.76. The molecule has 140 valence electrons. The third-order valence-corrected chi connectivity index (χ3v) is 5.92. The smallest absolute Gasteiger partial charge is 0.108 e. The summed E-state index contributed by atoms with van der Waals surface area (Å²) in [5, 5.41) is 26.7. The van der Waals surface area contributed by atoms with Crippen molar-refractivity contribution in [3.05, 3.63) is 63.7 Å². The molecule has 0 aromatic heterocycles. The number of nitrogens with one attached hydrogen (secondary N) is 2. The minimum Gasteiger partial charge on any atom is -0.342 e. The molecule has 4 rings (SSSR count). The Morgan fingerprint density at radius 2 is 1.82 bits per heavy atom. The lowest BCUT2D eigenvalue weighted by Crippen LogP contribution is -2.49. The van der Waals surface area contributed by atoms with Crippen LogP contribution in [0.1, 0.15) is 35.1 Å². The van der Waals surface area contributed by atoms with E-state index in [9.17, 15) is 10.5 Å². The zero-order valence-electron chi connectivity index (χ0n) is 15.4. The molecular weight excluding hydrogens is 370 g/mol. The second-order valence-electron chi connectivity index (χ2n) is 7.36. The Balaban J connectivity index is 1.78. The Hall–Kier alpha value is -2.86. The van der Waals surface area contributed by atoms with Gasteiger partial charge >= 0.3 is 0 Å². The second-order valence-corrected chi connectivity index (χ2v) is 7.80. The van der Waals surface area contributed by atoms with Crippen LogP contribution in [0.15, 0.2) is 41.4 Å². The summed E-state index contributed by atoms with van der Waals surface area (Å²) in [6.45, 7) is 2.34. The van der Waals surface area contributed by atoms with Crippen LogP contribution in [-0.4, -0.2) is 18.9 Å². The van der Waals surface area contributed by atoms with Crippen molar-refractivity contribution in [1.29, 1.82) is 10.5 Å². The lowest BCUT2D eigenvalue weighted by Gasteiger charge is -2.43. The fourth-order valence-corrected chi connectivity index (χ4v) is 4.39. The zero-order valence-corrected chi connectivity index (χ0v) is 16.2. The fourth-order valence-electron chi connectivity index (χ4n) is 4.18. The minimum atomic E-state index is -0.142. The van der Waals surface area contributed by atoms with Crippen molar-refractivity contribution in [1.82, 2.24) is 5.32 Å². The number of nitriles is 2. The molecule has 1 fully saturated rings. The van der Waals surface area contributed by atoms with E-state index < -0.39 is 0 Å². The maximum atomic E-state index is 9.57. The molecule has 2 aromatic rings. The molecule has 0 amide bonds. The SMILES string of the molecule is N#Cc1ccc(C#N)c2c1CC1(CCNCC1)C(=NCc1cccc(Cl)c1)N2. The predicted octanol–water partition coefficient (Wildman–Crippen LogP) is 4.02. The number of piperidine rings is 1. The Morgan fingerprint density at radius 1 is 1.07 bits per heavy atom. The van der Waals surface area contributed by atoms with E-state index in [-0.39, 0.29) is 5.41 Å². The number of nitrogens with zero attached hydrogens (tertiary/aromatic N) is 3. The summed E-state index contributed by atoms with van der Waals surface area (Å²) in [5.41, 5.74) is 3.75. The first kappa shape index (κ1) is 18.5. The largest absolute Gasteiger partial charge is 0.342 e. The maximum Gasteiger partial charge on any atom is 0.108 e. The van der Waals surface area contributed by atoms with Gasteiger partial charge in [-0.05, 0) is 67.7 Å². The summed E-state index contributed by atoms with van der Waals surface area (Å²) in [7, 11) is 0. The van der Waals surface area contributed by atoms with Gasteiger partial charge in [0.05, 0.1) is 29.4 Å². The third kappa shape index (κ3) is 3.36. The summed E-state index contributed by atoms with van der Waals surface area (Å²) >= 11 is 6.11. The number of benzene rings is 2. The molecule has 2 heterocycles. The topological polar surface area (TPSA) is 84.0 Å². The van der Waals surface area contributed by atoms with Gasteiger partial charge in [0, 0.05) is 10.4 Å². The number of rotatable bonds is 2. The number of halogens is 1. The van der Waals surface area contributed by atoms with Crippen molar-refractivity contribution in [2.75, 3.05) is 18.4 Å². The molecule has 0 atom stereocenters. The Kier molecular flexibility index (Phi) is 5.05. The van der Waals surface area contributed by atoms with Gasteiger partial charge in [-0.2, -0.15) is 10.5 Å². The first-order valence-electron chi connectivity index (χ1n) is 9.38. The van der Waals surface area contributed by atoms with Crippen molar-refractivity contribution in [2.45, 2.75) is 25.8 Å². The fraction of sp³-hybridized carbons (Fsp3) is 0.318. The Labute approximate surface area is 169 Å². The average molecular weight is 390 g/mol. The van der Waals surface area contributed by atoms with Gasteiger partial charge < -0.3 is 10.6 Å². The van der Waals surface area contributed by atoms with Gasteiger partial charge in [-0.3, -0.25) is 4.99 Å². The number of anilines is 1. The number of fused-ring (bicyclic) bond motifs is 1. The maximum absolute atomic E-state index is 9.57. The second kappa shape index (κ2) is 7.64. The van der Waals surface area contributed by atoms with Crippen LogP contribution in [-0.2, 0) is 13.0 Å². The van der Waals surface area contributed by atoms with E-state index in [1.165, 1.54) is 0 Å². The summed E-state index contributed by atoms with van der Waals surface area (Å²) in [4.78, 5) is 4.93. The van der Waals surface area contributed by atoms with Crippen LogP contribution in [0, 0.1) is 28.1 Å². The minimum absolute atomic E-state index is 0.142. The van der Waals surface area contributed by atoms with Crippen molar-refractivity contribution in [3.63, 3.8) is 0 Å². The molecule has 1 spiro atoms. The third-order valence-electron chi connectivity index (χ3n) is 5.68. The van der Waals surface area contributed by atoms with Crippen molar-refractivity contribution >= 4 is 23.1 Å². The van der Waals surface area contributed by atoms with E-state index in [0.29, 0.717) is 22.7 Å². The van der Waals surface area contributed by atoms with Gasteiger partial charge in [-0.25, -0.2) is 0 Å². The molecule has 28 heavy (non-hydrogen) atoms. The highest BCUT2D eigenvalue weighted by molar-refractivity contribution is 6.30. The normalized spacial score (nSPS) is 18.8. The van der Waals surface area contributed by atoms with Gasteiger partial charge in [0.1, 0.15) is 11.9 Å². The molecule has 0 aliphatic carbocycles. The van der Waals surface area contributed by atoms with Crippen LogP contribution >= 0.6 is 11.6 Å². The quantitative estimate of drug-likeness (QED) is 0.812. The van der Waals surface area contributed by atoms with Crippen LogP contribution in [0.25, 0.3) is 0 Å². The highest BCUT2D eigenvalue weighted by atomic mass is 35.5. The molecule has 2 N–H and O–H groups in total. The molecule has 0 bridgehead atoms. The molecule has 1 saturated heterocycles. The highest BCUT2D eigenvalue weighted by Crippen LogP contribution is 2.43. The molecule has 6 heteroatoms. The number of hydrogen-bond acceptors (Lipinski definition) is 4. The lowest BCUT2D eigenvalue weighted by molar-refractivity contribution is 0.293. The van der Waals surface area contributed by atoms with E-state index in [1.807, 2.05) is 24.3 Å². The summed E-state index contributed by atoms with van der Waals surface area (Å²) in [5.74, 6) is 0.910. The lowest BCUT2D eigenvalue weighted by atomic mass is 9.69. The van der Waals surface area contributed by atoms with Crippen LogP contribution in [0.5, 0.6) is 0 Å². The monoisotopic (exact) mass is 389 g/mol. The van der Waals surface area contributed by atoms with Crippen LogP contribution in [0.2, 0.25) is 5.02 Å². The molecule has 0 unspecified atom stereocenters. The zero-order chi connectivity index (χ0) is 19.6. The van der Waals surface area contributed by atoms with E-state index in [2.05, 4.69) is 22.8 Å². The Bertz CT molecular complexity index is 1020. The number of hydrogen-bond donors (Lipinski definition) is 2. The van der Waals surface area contributed by atoms with Crippen molar-refractivity contribution in [2.24, 2.45) is 10.4 Å². The van der Waals surface area contributed by atoms with Crippen LogP contribution in [0.4, 0.5) is 5.69 Å². The first-order chi connectivity index (χ1) is 13.6. The van der Waals surface area contributed by atoms with Crippen molar-refractivity contribution in [3.8, 4) is 12.1 Å². The van der Waals surface area contributed by atoms with Gasteiger partial charge in [-0.15, -0.1) is 0 Å². The standard InChI is InChI=1S/C22H20ClN5/c23-18-3-1-2-15(10-18)14-27-21-22(6-8-26-9-7-22)11-19-16(12-24)4-5-17(13-25)20(19)28-21/h1-5,10,26H,6-9,11,14H2,(H,27,28). The van der Waals surface area contributed by atoms with Gasteiger partial charge in [0.2, 0.25) is 0 Å². The molecule has 5 nitrogen and oxygen atoms in total. The summed E-state index contributed by atoms with van der Waals surface area (Å²) in [6.07, 6.45) is 2.61. The Morgan fingerprint density at radius 3 is 2.54 bits per heavy atom. The van der Waals surface area contributed by atoms with E-state index in [1.54, 1.807) is 12.1 Å². The summed E-state index contributed by atoms with van der Waals surface area (Å²) in [6, 6.07) is 15.7. The molecule has 2 aliphatic rings. The average Bonchev–Trinajstić information content (AvgIpc) is 2.72. The molecule has 2 aromatic carbocycles. The van der Waals surface area contributed by atoms with Gasteiger partial charge in [0.25, 0.3) is 0 Å². The van der Waals surface area contributed by atoms with Gasteiger partial charge in [-0.1, -0.05) is 23.7 Å². The van der Waals surface area contributed by atoms with E-state index in [0.717, 1.165) is 55.0 Å². The molecular formula is C22H20ClN5.